The standard InChI is InChI=1S/C11H20N4O3S/c1-8(2)18-10-7-9(3)14-11(15-10)12-5-6-13-19(4,16)17/h7-8,13H,5-6H2,1-4H3,(H,12,14,15). The Kier molecular flexibility index (Phi) is 5.49. The van der Waals surface area contributed by atoms with Gasteiger partial charge in [0, 0.05) is 24.8 Å². The fourth-order valence-electron chi connectivity index (χ4n) is 1.33. The largest absolute Gasteiger partial charge is 0.475 e. The highest BCUT2D eigenvalue weighted by Crippen LogP contribution is 2.13. The Balaban J connectivity index is 2.56. The number of aryl methyl sites for hydroxylation is 1. The van der Waals surface area contributed by atoms with Crippen molar-refractivity contribution in [3.8, 4) is 5.88 Å². The van der Waals surface area contributed by atoms with E-state index in [1.54, 1.807) is 6.07 Å². The summed E-state index contributed by atoms with van der Waals surface area (Å²) in [5.41, 5.74) is 0.782. The molecule has 8 heteroatoms. The molecule has 0 aliphatic heterocycles. The van der Waals surface area contributed by atoms with Crippen LogP contribution in [0.4, 0.5) is 5.95 Å². The number of rotatable bonds is 7. The van der Waals surface area contributed by atoms with Gasteiger partial charge in [-0.2, -0.15) is 4.98 Å². The molecule has 1 heterocycles. The predicted molar refractivity (Wildman–Crippen MR) is 73.9 cm³/mol. The summed E-state index contributed by atoms with van der Waals surface area (Å²) in [6.07, 6.45) is 1.15. The molecule has 0 aliphatic carbocycles. The van der Waals surface area contributed by atoms with Crippen molar-refractivity contribution >= 4 is 16.0 Å². The van der Waals surface area contributed by atoms with Gasteiger partial charge in [0.1, 0.15) is 0 Å². The van der Waals surface area contributed by atoms with E-state index in [1.807, 2.05) is 20.8 Å². The smallest absolute Gasteiger partial charge is 0.226 e. The van der Waals surface area contributed by atoms with Gasteiger partial charge >= 0.3 is 0 Å². The number of aromatic nitrogens is 2. The summed E-state index contributed by atoms with van der Waals surface area (Å²) in [6, 6.07) is 1.75. The zero-order valence-electron chi connectivity index (χ0n) is 11.6. The average Bonchev–Trinajstić information content (AvgIpc) is 2.21. The molecule has 0 spiro atoms. The third-order valence-corrected chi connectivity index (χ3v) is 2.69. The van der Waals surface area contributed by atoms with Crippen molar-refractivity contribution in [2.45, 2.75) is 26.9 Å². The van der Waals surface area contributed by atoms with Crippen molar-refractivity contribution in [1.82, 2.24) is 14.7 Å². The number of sulfonamides is 1. The highest BCUT2D eigenvalue weighted by Gasteiger charge is 2.05. The summed E-state index contributed by atoms with van der Waals surface area (Å²) in [7, 11) is -3.17. The van der Waals surface area contributed by atoms with E-state index in [0.717, 1.165) is 11.9 Å². The lowest BCUT2D eigenvalue weighted by Crippen LogP contribution is -2.28. The van der Waals surface area contributed by atoms with Crippen LogP contribution in [0, 0.1) is 6.92 Å². The second kappa shape index (κ2) is 6.67. The molecule has 19 heavy (non-hydrogen) atoms. The zero-order chi connectivity index (χ0) is 14.5. The summed E-state index contributed by atoms with van der Waals surface area (Å²) in [4.78, 5) is 8.38. The van der Waals surface area contributed by atoms with Crippen molar-refractivity contribution in [3.63, 3.8) is 0 Å². The van der Waals surface area contributed by atoms with Crippen LogP contribution in [0.25, 0.3) is 0 Å². The van der Waals surface area contributed by atoms with E-state index in [4.69, 9.17) is 4.74 Å². The maximum Gasteiger partial charge on any atom is 0.226 e. The van der Waals surface area contributed by atoms with Crippen LogP contribution < -0.4 is 14.8 Å². The maximum absolute atomic E-state index is 10.9. The lowest BCUT2D eigenvalue weighted by atomic mass is 10.4. The van der Waals surface area contributed by atoms with E-state index >= 15 is 0 Å². The Labute approximate surface area is 113 Å². The number of ether oxygens (including phenoxy) is 1. The topological polar surface area (TPSA) is 93.2 Å². The van der Waals surface area contributed by atoms with Crippen LogP contribution in [0.3, 0.4) is 0 Å². The number of nitrogens with one attached hydrogen (secondary N) is 2. The van der Waals surface area contributed by atoms with Crippen molar-refractivity contribution in [2.24, 2.45) is 0 Å². The first kappa shape index (κ1) is 15.6. The van der Waals surface area contributed by atoms with Crippen molar-refractivity contribution in [1.29, 1.82) is 0 Å². The summed E-state index contributed by atoms with van der Waals surface area (Å²) in [5, 5.41) is 2.94. The summed E-state index contributed by atoms with van der Waals surface area (Å²) in [6.45, 7) is 6.35. The molecular formula is C11H20N4O3S. The molecule has 1 aromatic rings. The third-order valence-electron chi connectivity index (χ3n) is 1.96. The number of hydrogen-bond acceptors (Lipinski definition) is 6. The van der Waals surface area contributed by atoms with Gasteiger partial charge in [-0.3, -0.25) is 0 Å². The molecular weight excluding hydrogens is 268 g/mol. The van der Waals surface area contributed by atoms with Crippen LogP contribution in [-0.2, 0) is 10.0 Å². The Bertz CT molecular complexity index is 517. The molecule has 0 fully saturated rings. The highest BCUT2D eigenvalue weighted by atomic mass is 32.2. The van der Waals surface area contributed by atoms with Crippen molar-refractivity contribution in [3.05, 3.63) is 11.8 Å². The van der Waals surface area contributed by atoms with E-state index in [9.17, 15) is 8.42 Å². The second-order valence-corrected chi connectivity index (χ2v) is 6.26. The van der Waals surface area contributed by atoms with Gasteiger partial charge in [0.2, 0.25) is 21.9 Å². The molecule has 108 valence electrons. The minimum atomic E-state index is -3.17. The van der Waals surface area contributed by atoms with E-state index < -0.39 is 10.0 Å². The molecule has 0 unspecified atom stereocenters. The molecule has 1 rings (SSSR count). The predicted octanol–water partition coefficient (Wildman–Crippen LogP) is 0.533. The van der Waals surface area contributed by atoms with Gasteiger partial charge in [-0.25, -0.2) is 18.1 Å². The molecule has 0 saturated carbocycles. The zero-order valence-corrected chi connectivity index (χ0v) is 12.4. The van der Waals surface area contributed by atoms with Crippen LogP contribution in [0.15, 0.2) is 6.07 Å². The van der Waals surface area contributed by atoms with Crippen LogP contribution in [-0.4, -0.2) is 43.8 Å². The van der Waals surface area contributed by atoms with Gasteiger partial charge < -0.3 is 10.1 Å². The van der Waals surface area contributed by atoms with E-state index in [1.165, 1.54) is 0 Å². The van der Waals surface area contributed by atoms with Gasteiger partial charge in [0.05, 0.1) is 12.4 Å². The maximum atomic E-state index is 10.9. The molecule has 2 N–H and O–H groups in total. The van der Waals surface area contributed by atoms with Gasteiger partial charge in [0.25, 0.3) is 0 Å². The van der Waals surface area contributed by atoms with Crippen LogP contribution in [0.1, 0.15) is 19.5 Å². The van der Waals surface area contributed by atoms with Gasteiger partial charge in [-0.05, 0) is 20.8 Å². The SMILES string of the molecule is Cc1cc(OC(C)C)nc(NCCNS(C)(=O)=O)n1. The van der Waals surface area contributed by atoms with Crippen molar-refractivity contribution < 1.29 is 13.2 Å². The number of nitrogens with zero attached hydrogens (tertiary/aromatic N) is 2. The first-order valence-electron chi connectivity index (χ1n) is 5.97. The third kappa shape index (κ3) is 6.92. The molecule has 7 nitrogen and oxygen atoms in total. The molecule has 0 bridgehead atoms. The van der Waals surface area contributed by atoms with Gasteiger partial charge in [-0.15, -0.1) is 0 Å². The fourth-order valence-corrected chi connectivity index (χ4v) is 1.80. The lowest BCUT2D eigenvalue weighted by Gasteiger charge is -2.11. The number of anilines is 1. The minimum Gasteiger partial charge on any atom is -0.475 e. The fraction of sp³-hybridized carbons (Fsp3) is 0.636. The summed E-state index contributed by atoms with van der Waals surface area (Å²) >= 11 is 0. The summed E-state index contributed by atoms with van der Waals surface area (Å²) < 4.78 is 29.6. The average molecular weight is 288 g/mol. The van der Waals surface area contributed by atoms with Gasteiger partial charge in [-0.1, -0.05) is 0 Å². The van der Waals surface area contributed by atoms with Crippen LogP contribution in [0.2, 0.25) is 0 Å². The van der Waals surface area contributed by atoms with Crippen LogP contribution in [0.5, 0.6) is 5.88 Å². The molecule has 0 aliphatic rings. The molecule has 0 radical (unpaired) electrons. The normalized spacial score (nSPS) is 11.6. The van der Waals surface area contributed by atoms with Crippen LogP contribution >= 0.6 is 0 Å². The summed E-state index contributed by atoms with van der Waals surface area (Å²) in [5.74, 6) is 0.923. The monoisotopic (exact) mass is 288 g/mol. The van der Waals surface area contributed by atoms with E-state index in [-0.39, 0.29) is 12.6 Å². The first-order chi connectivity index (χ1) is 8.76. The Morgan fingerprint density at radius 2 is 2.00 bits per heavy atom. The van der Waals surface area contributed by atoms with E-state index in [0.29, 0.717) is 18.4 Å². The Hall–Kier alpha value is -1.41. The molecule has 0 atom stereocenters. The number of hydrogen-bond donors (Lipinski definition) is 2. The quantitative estimate of drug-likeness (QED) is 0.711. The second-order valence-electron chi connectivity index (χ2n) is 4.43. The Morgan fingerprint density at radius 1 is 1.32 bits per heavy atom. The molecule has 1 aromatic heterocycles. The minimum absolute atomic E-state index is 0.0362. The molecule has 0 aromatic carbocycles. The van der Waals surface area contributed by atoms with E-state index in [2.05, 4.69) is 20.0 Å². The van der Waals surface area contributed by atoms with Gasteiger partial charge in [0.15, 0.2) is 0 Å². The van der Waals surface area contributed by atoms with Crippen molar-refractivity contribution in [2.75, 3.05) is 24.7 Å². The molecule has 0 saturated heterocycles. The lowest BCUT2D eigenvalue weighted by molar-refractivity contribution is 0.232. The highest BCUT2D eigenvalue weighted by molar-refractivity contribution is 7.88. The first-order valence-corrected chi connectivity index (χ1v) is 7.86. The molecule has 0 amide bonds. The Morgan fingerprint density at radius 3 is 2.58 bits per heavy atom.